The molecule has 2 bridgehead atoms. The van der Waals surface area contributed by atoms with Gasteiger partial charge in [0.25, 0.3) is 0 Å². The minimum atomic E-state index is 0.258. The van der Waals surface area contributed by atoms with Crippen LogP contribution in [0.5, 0.6) is 0 Å². The molecule has 1 saturated carbocycles. The average molecular weight is 326 g/mol. The Morgan fingerprint density at radius 1 is 1.22 bits per heavy atom. The van der Waals surface area contributed by atoms with Crippen molar-refractivity contribution in [3.05, 3.63) is 29.5 Å². The lowest BCUT2D eigenvalue weighted by Crippen LogP contribution is -2.47. The second-order valence-corrected chi connectivity index (χ2v) is 8.39. The van der Waals surface area contributed by atoms with E-state index in [1.165, 1.54) is 60.6 Å². The molecular formula is C19H22N2OS. The van der Waals surface area contributed by atoms with Gasteiger partial charge in [-0.25, -0.2) is 0 Å². The highest BCUT2D eigenvalue weighted by molar-refractivity contribution is 7.13. The summed E-state index contributed by atoms with van der Waals surface area (Å²) in [7, 11) is 0. The number of hydrogen-bond acceptors (Lipinski definition) is 4. The van der Waals surface area contributed by atoms with Crippen molar-refractivity contribution in [2.75, 3.05) is 19.6 Å². The fourth-order valence-electron chi connectivity index (χ4n) is 4.48. The predicted octanol–water partition coefficient (Wildman–Crippen LogP) is 4.09. The Morgan fingerprint density at radius 2 is 2.04 bits per heavy atom. The molecule has 1 atom stereocenters. The van der Waals surface area contributed by atoms with Crippen LogP contribution in [0, 0.1) is 11.8 Å². The third kappa shape index (κ3) is 2.52. The molecule has 0 amide bonds. The Hall–Kier alpha value is -1.26. The van der Waals surface area contributed by atoms with E-state index in [2.05, 4.69) is 27.5 Å². The molecule has 3 aliphatic heterocycles. The SMILES string of the molecule is O=C(C[C@@H]1CN2CCC1CC2)c1nsc2cc(C3CC3)ccc12. The average Bonchev–Trinajstić information content (AvgIpc) is 3.35. The second kappa shape index (κ2) is 5.38. The fourth-order valence-corrected chi connectivity index (χ4v) is 5.32. The van der Waals surface area contributed by atoms with Crippen LogP contribution in [0.1, 0.15) is 54.1 Å². The molecule has 6 rings (SSSR count). The Labute approximate surface area is 140 Å². The zero-order chi connectivity index (χ0) is 15.4. The zero-order valence-electron chi connectivity index (χ0n) is 13.3. The number of rotatable bonds is 4. The first-order valence-corrected chi connectivity index (χ1v) is 9.70. The van der Waals surface area contributed by atoms with Crippen LogP contribution in [0.15, 0.2) is 18.2 Å². The van der Waals surface area contributed by atoms with Crippen LogP contribution < -0.4 is 0 Å². The zero-order valence-corrected chi connectivity index (χ0v) is 14.1. The largest absolute Gasteiger partial charge is 0.303 e. The van der Waals surface area contributed by atoms with Gasteiger partial charge in [0.05, 0.1) is 4.70 Å². The molecule has 1 aliphatic carbocycles. The van der Waals surface area contributed by atoms with E-state index in [1.807, 2.05) is 0 Å². The van der Waals surface area contributed by atoms with Gasteiger partial charge in [-0.15, -0.1) is 0 Å². The van der Waals surface area contributed by atoms with Gasteiger partial charge in [-0.2, -0.15) is 4.37 Å². The molecule has 0 spiro atoms. The van der Waals surface area contributed by atoms with Crippen LogP contribution in [0.3, 0.4) is 0 Å². The number of piperidine rings is 3. The summed E-state index contributed by atoms with van der Waals surface area (Å²) in [6, 6.07) is 6.60. The van der Waals surface area contributed by atoms with Gasteiger partial charge in [-0.3, -0.25) is 4.79 Å². The normalized spacial score (nSPS) is 30.0. The Kier molecular flexibility index (Phi) is 3.30. The monoisotopic (exact) mass is 326 g/mol. The maximum atomic E-state index is 12.8. The van der Waals surface area contributed by atoms with E-state index in [4.69, 9.17) is 0 Å². The number of Topliss-reactive ketones (excluding diaryl/α,β-unsaturated/α-hetero) is 1. The summed E-state index contributed by atoms with van der Waals surface area (Å²) in [4.78, 5) is 15.3. The number of carbonyl (C=O) groups excluding carboxylic acids is 1. The number of aromatic nitrogens is 1. The Balaban J connectivity index is 1.38. The minimum Gasteiger partial charge on any atom is -0.303 e. The first-order chi connectivity index (χ1) is 11.3. The third-order valence-corrected chi connectivity index (χ3v) is 6.86. The standard InChI is InChI=1S/C19H22N2OS/c22-17(9-15-11-21-7-5-13(15)6-8-21)19-16-4-3-14(12-1-2-12)10-18(16)23-20-19/h3-4,10,12-13,15H,1-2,5-9,11H2/t15-/m1/s1. The topological polar surface area (TPSA) is 33.2 Å². The number of benzene rings is 1. The van der Waals surface area contributed by atoms with E-state index in [9.17, 15) is 4.79 Å². The number of fused-ring (bicyclic) bond motifs is 4. The first kappa shape index (κ1) is 14.1. The van der Waals surface area contributed by atoms with Crippen molar-refractivity contribution in [3.8, 4) is 0 Å². The van der Waals surface area contributed by atoms with Gasteiger partial charge >= 0.3 is 0 Å². The molecule has 120 valence electrons. The van der Waals surface area contributed by atoms with Crippen molar-refractivity contribution < 1.29 is 4.79 Å². The predicted molar refractivity (Wildman–Crippen MR) is 93.2 cm³/mol. The van der Waals surface area contributed by atoms with Gasteiger partial charge in [0.2, 0.25) is 0 Å². The molecule has 3 saturated heterocycles. The summed E-state index contributed by atoms with van der Waals surface area (Å²) >= 11 is 1.50. The van der Waals surface area contributed by atoms with Gasteiger partial charge in [-0.05, 0) is 79.7 Å². The van der Waals surface area contributed by atoms with Crippen LogP contribution >= 0.6 is 11.5 Å². The lowest BCUT2D eigenvalue weighted by Gasteiger charge is -2.44. The maximum absolute atomic E-state index is 12.8. The van der Waals surface area contributed by atoms with Crippen molar-refractivity contribution in [3.63, 3.8) is 0 Å². The number of carbonyl (C=O) groups is 1. The summed E-state index contributed by atoms with van der Waals surface area (Å²) in [5, 5.41) is 1.07. The number of ketones is 1. The molecule has 2 aromatic rings. The Morgan fingerprint density at radius 3 is 2.74 bits per heavy atom. The van der Waals surface area contributed by atoms with Crippen molar-refractivity contribution in [1.29, 1.82) is 0 Å². The summed E-state index contributed by atoms with van der Waals surface area (Å²) in [6.07, 6.45) is 5.87. The van der Waals surface area contributed by atoms with Gasteiger partial charge < -0.3 is 4.90 Å². The second-order valence-electron chi connectivity index (χ2n) is 7.59. The van der Waals surface area contributed by atoms with Crippen LogP contribution in [0.4, 0.5) is 0 Å². The number of nitrogens with zero attached hydrogens (tertiary/aromatic N) is 2. The smallest absolute Gasteiger partial charge is 0.183 e. The molecule has 0 N–H and O–H groups in total. The molecular weight excluding hydrogens is 304 g/mol. The summed E-state index contributed by atoms with van der Waals surface area (Å²) in [5.41, 5.74) is 2.15. The van der Waals surface area contributed by atoms with Gasteiger partial charge in [0.15, 0.2) is 5.78 Å². The minimum absolute atomic E-state index is 0.258. The van der Waals surface area contributed by atoms with Crippen LogP contribution in [-0.2, 0) is 0 Å². The van der Waals surface area contributed by atoms with E-state index in [0.717, 1.165) is 29.5 Å². The van der Waals surface area contributed by atoms with Crippen molar-refractivity contribution in [2.24, 2.45) is 11.8 Å². The molecule has 1 aromatic heterocycles. The molecule has 4 heteroatoms. The summed E-state index contributed by atoms with van der Waals surface area (Å²) in [5.74, 6) is 2.32. The fraction of sp³-hybridized carbons (Fsp3) is 0.579. The summed E-state index contributed by atoms with van der Waals surface area (Å²) in [6.45, 7) is 3.59. The molecule has 0 unspecified atom stereocenters. The summed E-state index contributed by atoms with van der Waals surface area (Å²) < 4.78 is 5.71. The molecule has 0 radical (unpaired) electrons. The molecule has 4 aliphatic rings. The Bertz CT molecular complexity index is 756. The highest BCUT2D eigenvalue weighted by Crippen LogP contribution is 2.42. The van der Waals surface area contributed by atoms with Crippen LogP contribution in [0.25, 0.3) is 10.1 Å². The highest BCUT2D eigenvalue weighted by atomic mass is 32.1. The maximum Gasteiger partial charge on any atom is 0.183 e. The van der Waals surface area contributed by atoms with Crippen LogP contribution in [0.2, 0.25) is 0 Å². The van der Waals surface area contributed by atoms with E-state index in [-0.39, 0.29) is 5.78 Å². The quantitative estimate of drug-likeness (QED) is 0.794. The molecule has 23 heavy (non-hydrogen) atoms. The van der Waals surface area contributed by atoms with Gasteiger partial charge in [-0.1, -0.05) is 12.1 Å². The lowest BCUT2D eigenvalue weighted by molar-refractivity contribution is 0.0440. The van der Waals surface area contributed by atoms with E-state index < -0.39 is 0 Å². The third-order valence-electron chi connectivity index (χ3n) is 6.05. The lowest BCUT2D eigenvalue weighted by atomic mass is 9.76. The van der Waals surface area contributed by atoms with Gasteiger partial charge in [0.1, 0.15) is 5.69 Å². The van der Waals surface area contributed by atoms with Crippen LogP contribution in [-0.4, -0.2) is 34.7 Å². The molecule has 1 aromatic carbocycles. The van der Waals surface area contributed by atoms with Crippen molar-refractivity contribution in [2.45, 2.75) is 38.0 Å². The number of hydrogen-bond donors (Lipinski definition) is 0. The van der Waals surface area contributed by atoms with E-state index in [1.54, 1.807) is 0 Å². The van der Waals surface area contributed by atoms with E-state index in [0.29, 0.717) is 12.3 Å². The first-order valence-electron chi connectivity index (χ1n) is 8.93. The highest BCUT2D eigenvalue weighted by Gasteiger charge is 2.35. The van der Waals surface area contributed by atoms with Gasteiger partial charge in [0, 0.05) is 18.4 Å². The van der Waals surface area contributed by atoms with E-state index >= 15 is 0 Å². The molecule has 4 fully saturated rings. The molecule has 3 nitrogen and oxygen atoms in total. The molecule has 4 heterocycles. The van der Waals surface area contributed by atoms with Crippen molar-refractivity contribution >= 4 is 27.4 Å². The van der Waals surface area contributed by atoms with Crippen molar-refractivity contribution in [1.82, 2.24) is 9.27 Å².